The number of carbonyl (C=O) groups excluding carboxylic acids is 1. The van der Waals surface area contributed by atoms with E-state index >= 15 is 0 Å². The molecule has 0 aliphatic carbocycles. The lowest BCUT2D eigenvalue weighted by Crippen LogP contribution is -2.07. The van der Waals surface area contributed by atoms with Gasteiger partial charge in [-0.3, -0.25) is 4.98 Å². The van der Waals surface area contributed by atoms with Crippen molar-refractivity contribution in [2.75, 3.05) is 7.11 Å². The first-order valence-corrected chi connectivity index (χ1v) is 5.83. The molecule has 1 unspecified atom stereocenters. The van der Waals surface area contributed by atoms with Crippen molar-refractivity contribution < 1.29 is 9.53 Å². The normalized spacial score (nSPS) is 11.8. The van der Waals surface area contributed by atoms with Crippen molar-refractivity contribution in [3.8, 4) is 5.75 Å². The van der Waals surface area contributed by atoms with Crippen molar-refractivity contribution in [2.45, 2.75) is 12.3 Å². The van der Waals surface area contributed by atoms with Gasteiger partial charge in [0.25, 0.3) is 0 Å². The van der Waals surface area contributed by atoms with Crippen LogP contribution in [0.15, 0.2) is 48.7 Å². The highest BCUT2D eigenvalue weighted by molar-refractivity contribution is 5.65. The molecule has 3 nitrogen and oxygen atoms in total. The van der Waals surface area contributed by atoms with Crippen LogP contribution in [0.1, 0.15) is 17.2 Å². The molecule has 0 spiro atoms. The number of pyridine rings is 1. The van der Waals surface area contributed by atoms with E-state index in [1.807, 2.05) is 42.5 Å². The smallest absolute Gasteiger partial charge is 0.127 e. The fraction of sp³-hybridized carbons (Fsp3) is 0.200. The van der Waals surface area contributed by atoms with Crippen molar-refractivity contribution in [1.29, 1.82) is 0 Å². The molecule has 0 fully saturated rings. The zero-order valence-corrected chi connectivity index (χ0v) is 10.2. The third-order valence-electron chi connectivity index (χ3n) is 2.86. The van der Waals surface area contributed by atoms with Gasteiger partial charge in [0.15, 0.2) is 0 Å². The van der Waals surface area contributed by atoms with Crippen LogP contribution in [0.5, 0.6) is 5.75 Å². The van der Waals surface area contributed by atoms with Gasteiger partial charge in [-0.05, 0) is 18.2 Å². The highest BCUT2D eigenvalue weighted by Gasteiger charge is 2.16. The summed E-state index contributed by atoms with van der Waals surface area (Å²) in [7, 11) is 1.61. The molecule has 3 heteroatoms. The van der Waals surface area contributed by atoms with Gasteiger partial charge in [-0.15, -0.1) is 0 Å². The summed E-state index contributed by atoms with van der Waals surface area (Å²) in [5.74, 6) is 0.515. The van der Waals surface area contributed by atoms with Gasteiger partial charge in [-0.25, -0.2) is 0 Å². The number of rotatable bonds is 5. The zero-order chi connectivity index (χ0) is 12.8. The number of nitrogens with zero attached hydrogens (tertiary/aromatic N) is 1. The number of ether oxygens (including phenoxy) is 1. The van der Waals surface area contributed by atoms with Crippen molar-refractivity contribution in [2.24, 2.45) is 0 Å². The Labute approximate surface area is 106 Å². The molecular weight excluding hydrogens is 226 g/mol. The monoisotopic (exact) mass is 241 g/mol. The van der Waals surface area contributed by atoms with Crippen molar-refractivity contribution in [3.63, 3.8) is 0 Å². The molecule has 2 rings (SSSR count). The van der Waals surface area contributed by atoms with Crippen molar-refractivity contribution in [3.05, 3.63) is 59.9 Å². The molecule has 0 saturated carbocycles. The Hall–Kier alpha value is -2.16. The van der Waals surface area contributed by atoms with Crippen molar-refractivity contribution >= 4 is 6.29 Å². The molecule has 18 heavy (non-hydrogen) atoms. The molecular formula is C15H15NO2. The van der Waals surface area contributed by atoms with Gasteiger partial charge in [0, 0.05) is 29.8 Å². The third-order valence-corrected chi connectivity index (χ3v) is 2.86. The van der Waals surface area contributed by atoms with Crippen LogP contribution in [0, 0.1) is 0 Å². The Morgan fingerprint density at radius 2 is 2.00 bits per heavy atom. The predicted octanol–water partition coefficient (Wildman–Crippen LogP) is 2.62. The second-order valence-corrected chi connectivity index (χ2v) is 4.01. The summed E-state index contributed by atoms with van der Waals surface area (Å²) in [6.07, 6.45) is 3.27. The fourth-order valence-corrected chi connectivity index (χ4v) is 1.95. The summed E-state index contributed by atoms with van der Waals surface area (Å²) in [5, 5.41) is 0. The van der Waals surface area contributed by atoms with E-state index in [0.29, 0.717) is 6.42 Å². The Balaban J connectivity index is 2.26. The van der Waals surface area contributed by atoms with E-state index in [9.17, 15) is 4.79 Å². The minimum Gasteiger partial charge on any atom is -0.496 e. The van der Waals surface area contributed by atoms with Crippen LogP contribution in [-0.4, -0.2) is 18.4 Å². The maximum absolute atomic E-state index is 11.3. The van der Waals surface area contributed by atoms with E-state index < -0.39 is 0 Å². The van der Waals surface area contributed by atoms with Gasteiger partial charge >= 0.3 is 0 Å². The number of hydrogen-bond acceptors (Lipinski definition) is 3. The summed E-state index contributed by atoms with van der Waals surface area (Å²) in [5.41, 5.74) is 1.81. The lowest BCUT2D eigenvalue weighted by atomic mass is 9.94. The Bertz CT molecular complexity index is 511. The number of hydrogen-bond donors (Lipinski definition) is 0. The minimum atomic E-state index is -0.226. The number of para-hydroxylation sites is 1. The lowest BCUT2D eigenvalue weighted by molar-refractivity contribution is -0.109. The molecule has 1 heterocycles. The minimum absolute atomic E-state index is 0.226. The highest BCUT2D eigenvalue weighted by Crippen LogP contribution is 2.27. The second-order valence-electron chi connectivity index (χ2n) is 4.01. The maximum atomic E-state index is 11.3. The Morgan fingerprint density at radius 3 is 2.67 bits per heavy atom. The summed E-state index contributed by atoms with van der Waals surface area (Å²) in [4.78, 5) is 15.5. The number of carbonyl (C=O) groups is 1. The van der Waals surface area contributed by atoms with Gasteiger partial charge in [0.05, 0.1) is 7.11 Å². The first-order valence-electron chi connectivity index (χ1n) is 5.83. The second kappa shape index (κ2) is 5.96. The molecule has 2 aromatic rings. The topological polar surface area (TPSA) is 39.2 Å². The first kappa shape index (κ1) is 12.3. The summed E-state index contributed by atoms with van der Waals surface area (Å²) >= 11 is 0. The molecule has 1 aromatic carbocycles. The van der Waals surface area contributed by atoms with E-state index in [1.165, 1.54) is 0 Å². The molecule has 0 amide bonds. The van der Waals surface area contributed by atoms with E-state index in [-0.39, 0.29) is 5.92 Å². The van der Waals surface area contributed by atoms with Crippen LogP contribution in [-0.2, 0) is 11.2 Å². The van der Waals surface area contributed by atoms with E-state index in [0.717, 1.165) is 23.3 Å². The fourth-order valence-electron chi connectivity index (χ4n) is 1.95. The molecule has 92 valence electrons. The van der Waals surface area contributed by atoms with Crippen LogP contribution in [0.4, 0.5) is 0 Å². The number of methoxy groups -OCH3 is 1. The van der Waals surface area contributed by atoms with Gasteiger partial charge in [0.2, 0.25) is 0 Å². The first-order chi connectivity index (χ1) is 8.85. The SMILES string of the molecule is COc1ccccc1C(C=O)Cc1ccccn1. The Morgan fingerprint density at radius 1 is 1.22 bits per heavy atom. The number of aldehydes is 1. The molecule has 0 aliphatic heterocycles. The van der Waals surface area contributed by atoms with E-state index in [1.54, 1.807) is 13.3 Å². The average Bonchev–Trinajstić information content (AvgIpc) is 2.46. The standard InChI is InChI=1S/C15H15NO2/c1-18-15-8-3-2-7-14(15)12(11-17)10-13-6-4-5-9-16-13/h2-9,11-12H,10H2,1H3. The van der Waals surface area contributed by atoms with Crippen LogP contribution < -0.4 is 4.74 Å². The van der Waals surface area contributed by atoms with Crippen LogP contribution in [0.2, 0.25) is 0 Å². The maximum Gasteiger partial charge on any atom is 0.127 e. The summed E-state index contributed by atoms with van der Waals surface area (Å²) in [6, 6.07) is 13.3. The third kappa shape index (κ3) is 2.74. The predicted molar refractivity (Wildman–Crippen MR) is 69.7 cm³/mol. The van der Waals surface area contributed by atoms with Crippen LogP contribution in [0.25, 0.3) is 0 Å². The van der Waals surface area contributed by atoms with Gasteiger partial charge in [-0.1, -0.05) is 24.3 Å². The average molecular weight is 241 g/mol. The summed E-state index contributed by atoms with van der Waals surface area (Å²) in [6.45, 7) is 0. The Kier molecular flexibility index (Phi) is 4.07. The van der Waals surface area contributed by atoms with Crippen LogP contribution in [0.3, 0.4) is 0 Å². The van der Waals surface area contributed by atoms with Crippen molar-refractivity contribution in [1.82, 2.24) is 4.98 Å². The van der Waals surface area contributed by atoms with Gasteiger partial charge in [-0.2, -0.15) is 0 Å². The van der Waals surface area contributed by atoms with E-state index in [2.05, 4.69) is 4.98 Å². The highest BCUT2D eigenvalue weighted by atomic mass is 16.5. The summed E-state index contributed by atoms with van der Waals surface area (Å²) < 4.78 is 5.29. The molecule has 1 aromatic heterocycles. The molecule has 1 atom stereocenters. The zero-order valence-electron chi connectivity index (χ0n) is 10.2. The molecule has 0 radical (unpaired) electrons. The number of aromatic nitrogens is 1. The molecule has 0 bridgehead atoms. The number of benzene rings is 1. The van der Waals surface area contributed by atoms with E-state index in [4.69, 9.17) is 4.74 Å². The molecule has 0 aliphatic rings. The quantitative estimate of drug-likeness (QED) is 0.755. The van der Waals surface area contributed by atoms with Gasteiger partial charge < -0.3 is 9.53 Å². The van der Waals surface area contributed by atoms with Crippen LogP contribution >= 0.6 is 0 Å². The van der Waals surface area contributed by atoms with Gasteiger partial charge in [0.1, 0.15) is 12.0 Å². The lowest BCUT2D eigenvalue weighted by Gasteiger charge is -2.14. The molecule has 0 saturated heterocycles. The molecule has 0 N–H and O–H groups in total. The largest absolute Gasteiger partial charge is 0.496 e.